The van der Waals surface area contributed by atoms with Crippen LogP contribution >= 0.6 is 0 Å². The first-order valence-corrected chi connectivity index (χ1v) is 5.53. The SMILES string of the molecule is CCOC(=O)C(N)C(=O)NC(C)c1nncn1C. The van der Waals surface area contributed by atoms with Crippen LogP contribution in [0.4, 0.5) is 0 Å². The molecule has 0 spiro atoms. The Balaban J connectivity index is 2.60. The van der Waals surface area contributed by atoms with Crippen molar-refractivity contribution in [1.82, 2.24) is 20.1 Å². The van der Waals surface area contributed by atoms with E-state index in [4.69, 9.17) is 5.73 Å². The Morgan fingerprint density at radius 2 is 2.28 bits per heavy atom. The third-order valence-electron chi connectivity index (χ3n) is 2.32. The van der Waals surface area contributed by atoms with Crippen LogP contribution in [-0.2, 0) is 21.4 Å². The summed E-state index contributed by atoms with van der Waals surface area (Å²) in [5.41, 5.74) is 5.46. The standard InChI is InChI=1S/C10H17N5O3/c1-4-18-10(17)7(11)9(16)13-6(2)8-14-12-5-15(8)3/h5-7H,4,11H2,1-3H3,(H,13,16). The molecular formula is C10H17N5O3. The highest BCUT2D eigenvalue weighted by Gasteiger charge is 2.25. The van der Waals surface area contributed by atoms with E-state index in [9.17, 15) is 9.59 Å². The fraction of sp³-hybridized carbons (Fsp3) is 0.600. The second-order valence-corrected chi connectivity index (χ2v) is 3.76. The van der Waals surface area contributed by atoms with Crippen LogP contribution in [0, 0.1) is 0 Å². The number of carbonyl (C=O) groups excluding carboxylic acids is 2. The molecular weight excluding hydrogens is 238 g/mol. The molecule has 1 aromatic heterocycles. The normalized spacial score (nSPS) is 13.8. The van der Waals surface area contributed by atoms with E-state index in [1.807, 2.05) is 0 Å². The fourth-order valence-corrected chi connectivity index (χ4v) is 1.39. The lowest BCUT2D eigenvalue weighted by Gasteiger charge is -2.15. The van der Waals surface area contributed by atoms with Gasteiger partial charge in [-0.05, 0) is 13.8 Å². The number of esters is 1. The van der Waals surface area contributed by atoms with Crippen molar-refractivity contribution in [1.29, 1.82) is 0 Å². The molecule has 0 bridgehead atoms. The summed E-state index contributed by atoms with van der Waals surface area (Å²) in [5.74, 6) is -0.788. The highest BCUT2D eigenvalue weighted by Crippen LogP contribution is 2.07. The van der Waals surface area contributed by atoms with Gasteiger partial charge in [0.15, 0.2) is 11.9 Å². The van der Waals surface area contributed by atoms with E-state index in [1.165, 1.54) is 6.33 Å². The van der Waals surface area contributed by atoms with E-state index in [-0.39, 0.29) is 6.61 Å². The minimum Gasteiger partial charge on any atom is -0.464 e. The summed E-state index contributed by atoms with van der Waals surface area (Å²) in [6, 6.07) is -1.73. The zero-order valence-corrected chi connectivity index (χ0v) is 10.6. The number of nitrogens with two attached hydrogens (primary N) is 1. The van der Waals surface area contributed by atoms with Gasteiger partial charge in [-0.1, -0.05) is 0 Å². The Morgan fingerprint density at radius 3 is 2.78 bits per heavy atom. The second-order valence-electron chi connectivity index (χ2n) is 3.76. The lowest BCUT2D eigenvalue weighted by Crippen LogP contribution is -2.47. The van der Waals surface area contributed by atoms with Gasteiger partial charge in [-0.25, -0.2) is 4.79 Å². The van der Waals surface area contributed by atoms with Crippen LogP contribution in [0.25, 0.3) is 0 Å². The van der Waals surface area contributed by atoms with Crippen LogP contribution in [0.1, 0.15) is 25.7 Å². The minimum absolute atomic E-state index is 0.179. The number of amides is 1. The third-order valence-corrected chi connectivity index (χ3v) is 2.32. The molecule has 0 saturated carbocycles. The van der Waals surface area contributed by atoms with E-state index in [1.54, 1.807) is 25.5 Å². The third kappa shape index (κ3) is 3.27. The van der Waals surface area contributed by atoms with Crippen LogP contribution in [0.15, 0.2) is 6.33 Å². The Morgan fingerprint density at radius 1 is 1.61 bits per heavy atom. The molecule has 2 unspecified atom stereocenters. The smallest absolute Gasteiger partial charge is 0.332 e. The lowest BCUT2D eigenvalue weighted by atomic mass is 10.2. The fourth-order valence-electron chi connectivity index (χ4n) is 1.39. The lowest BCUT2D eigenvalue weighted by molar-refractivity contribution is -0.148. The molecule has 0 aromatic carbocycles. The van der Waals surface area contributed by atoms with Crippen LogP contribution in [0.5, 0.6) is 0 Å². The predicted molar refractivity (Wildman–Crippen MR) is 62.2 cm³/mol. The summed E-state index contributed by atoms with van der Waals surface area (Å²) in [7, 11) is 1.75. The Kier molecular flexibility index (Phi) is 4.78. The number of nitrogens with zero attached hydrogens (tertiary/aromatic N) is 3. The molecule has 0 radical (unpaired) electrons. The molecule has 0 aliphatic heterocycles. The summed E-state index contributed by atoms with van der Waals surface area (Å²) < 4.78 is 6.33. The molecule has 3 N–H and O–H groups in total. The van der Waals surface area contributed by atoms with Crippen LogP contribution in [-0.4, -0.2) is 39.3 Å². The van der Waals surface area contributed by atoms with Crippen LogP contribution in [0.3, 0.4) is 0 Å². The van der Waals surface area contributed by atoms with E-state index in [0.29, 0.717) is 5.82 Å². The Hall–Kier alpha value is -1.96. The maximum absolute atomic E-state index is 11.7. The molecule has 18 heavy (non-hydrogen) atoms. The monoisotopic (exact) mass is 255 g/mol. The molecule has 0 aliphatic rings. The maximum atomic E-state index is 11.7. The number of hydrogen-bond acceptors (Lipinski definition) is 6. The zero-order valence-electron chi connectivity index (χ0n) is 10.6. The van der Waals surface area contributed by atoms with E-state index >= 15 is 0 Å². The van der Waals surface area contributed by atoms with Gasteiger partial charge in [0.2, 0.25) is 5.91 Å². The van der Waals surface area contributed by atoms with Crippen molar-refractivity contribution in [3.8, 4) is 0 Å². The quantitative estimate of drug-likeness (QED) is 0.509. The summed E-state index contributed by atoms with van der Waals surface area (Å²) in [6.45, 7) is 3.54. The zero-order chi connectivity index (χ0) is 13.7. The molecule has 0 saturated heterocycles. The molecule has 8 heteroatoms. The molecule has 8 nitrogen and oxygen atoms in total. The van der Waals surface area contributed by atoms with E-state index in [2.05, 4.69) is 20.3 Å². The molecule has 0 aliphatic carbocycles. The van der Waals surface area contributed by atoms with Gasteiger partial charge in [0.1, 0.15) is 6.33 Å². The summed E-state index contributed by atoms with van der Waals surface area (Å²) in [4.78, 5) is 23.0. The van der Waals surface area contributed by atoms with Crippen molar-refractivity contribution in [3.05, 3.63) is 12.2 Å². The second kappa shape index (κ2) is 6.10. The van der Waals surface area contributed by atoms with Crippen LogP contribution in [0.2, 0.25) is 0 Å². The van der Waals surface area contributed by atoms with Gasteiger partial charge >= 0.3 is 5.97 Å². The average Bonchev–Trinajstić information content (AvgIpc) is 2.74. The van der Waals surface area contributed by atoms with E-state index < -0.39 is 24.0 Å². The Labute approximate surface area is 105 Å². The number of hydrogen-bond donors (Lipinski definition) is 2. The van der Waals surface area contributed by atoms with Gasteiger partial charge in [-0.15, -0.1) is 10.2 Å². The van der Waals surface area contributed by atoms with Crippen molar-refractivity contribution in [2.75, 3.05) is 6.61 Å². The summed E-state index contributed by atoms with van der Waals surface area (Å²) in [6.07, 6.45) is 1.52. The maximum Gasteiger partial charge on any atom is 0.332 e. The summed E-state index contributed by atoms with van der Waals surface area (Å²) in [5, 5.41) is 10.1. The van der Waals surface area contributed by atoms with Crippen molar-refractivity contribution in [2.24, 2.45) is 12.8 Å². The molecule has 100 valence electrons. The van der Waals surface area contributed by atoms with Gasteiger partial charge < -0.3 is 20.4 Å². The number of carbonyl (C=O) groups is 2. The largest absolute Gasteiger partial charge is 0.464 e. The Bertz CT molecular complexity index is 431. The van der Waals surface area contributed by atoms with E-state index in [0.717, 1.165) is 0 Å². The molecule has 1 amide bonds. The first kappa shape index (κ1) is 14.1. The predicted octanol–water partition coefficient (Wildman–Crippen LogP) is -1.12. The highest BCUT2D eigenvalue weighted by atomic mass is 16.5. The number of ether oxygens (including phenoxy) is 1. The van der Waals surface area contributed by atoms with Crippen LogP contribution < -0.4 is 11.1 Å². The van der Waals surface area contributed by atoms with Gasteiger partial charge in [0.25, 0.3) is 0 Å². The molecule has 1 rings (SSSR count). The minimum atomic E-state index is -1.33. The highest BCUT2D eigenvalue weighted by molar-refractivity contribution is 6.01. The van der Waals surface area contributed by atoms with Gasteiger partial charge in [-0.2, -0.15) is 0 Å². The molecule has 2 atom stereocenters. The number of aromatic nitrogens is 3. The molecule has 1 aromatic rings. The first-order valence-electron chi connectivity index (χ1n) is 5.53. The van der Waals surface area contributed by atoms with Crippen molar-refractivity contribution >= 4 is 11.9 Å². The topological polar surface area (TPSA) is 112 Å². The number of aryl methyl sites for hydroxylation is 1. The molecule has 0 fully saturated rings. The van der Waals surface area contributed by atoms with Gasteiger partial charge in [0, 0.05) is 7.05 Å². The van der Waals surface area contributed by atoms with Gasteiger partial charge in [-0.3, -0.25) is 4.79 Å². The van der Waals surface area contributed by atoms with Crippen molar-refractivity contribution < 1.29 is 14.3 Å². The van der Waals surface area contributed by atoms with Crippen molar-refractivity contribution in [3.63, 3.8) is 0 Å². The first-order chi connectivity index (χ1) is 8.47. The van der Waals surface area contributed by atoms with Gasteiger partial charge in [0.05, 0.1) is 12.6 Å². The van der Waals surface area contributed by atoms with Crippen molar-refractivity contribution in [2.45, 2.75) is 25.9 Å². The molecule has 1 heterocycles. The average molecular weight is 255 g/mol. The number of nitrogens with one attached hydrogen (secondary N) is 1. The number of rotatable bonds is 5. The summed E-state index contributed by atoms with van der Waals surface area (Å²) >= 11 is 0.